The van der Waals surface area contributed by atoms with Crippen LogP contribution in [-0.4, -0.2) is 12.1 Å². The maximum absolute atomic E-state index is 12.0. The van der Waals surface area contributed by atoms with Crippen molar-refractivity contribution >= 4 is 45.2 Å². The summed E-state index contributed by atoms with van der Waals surface area (Å²) in [5.41, 5.74) is 0.922. The first-order valence-electron chi connectivity index (χ1n) is 6.18. The third-order valence-corrected chi connectivity index (χ3v) is 3.89. The maximum atomic E-state index is 12.0. The Bertz CT molecular complexity index is 861. The van der Waals surface area contributed by atoms with E-state index in [1.807, 2.05) is 24.3 Å². The van der Waals surface area contributed by atoms with Gasteiger partial charge in [-0.05, 0) is 46.9 Å². The number of nitrogens with zero attached hydrogens (tertiary/aromatic N) is 1. The molecule has 0 atom stereocenters. The van der Waals surface area contributed by atoms with Crippen molar-refractivity contribution < 1.29 is 9.15 Å². The highest BCUT2D eigenvalue weighted by atomic mass is 127. The third-order valence-electron chi connectivity index (χ3n) is 2.95. The van der Waals surface area contributed by atoms with Gasteiger partial charge in [0, 0.05) is 9.64 Å². The van der Waals surface area contributed by atoms with Crippen LogP contribution in [0.3, 0.4) is 0 Å². The molecule has 0 saturated heterocycles. The standard InChI is InChI=1S/C15H11IN2O3/c1-20-9-6-7-10-13(8-9)18-15(21-14(10)19)17-12-5-3-2-4-11(12)16/h2-8H,1H3,(H,17,18). The molecule has 3 rings (SSSR count). The summed E-state index contributed by atoms with van der Waals surface area (Å²) in [6.45, 7) is 0. The number of anilines is 2. The van der Waals surface area contributed by atoms with Gasteiger partial charge in [0.2, 0.25) is 0 Å². The molecule has 1 heterocycles. The van der Waals surface area contributed by atoms with Crippen molar-refractivity contribution in [2.45, 2.75) is 0 Å². The lowest BCUT2D eigenvalue weighted by atomic mass is 10.2. The fraction of sp³-hybridized carbons (Fsp3) is 0.0667. The van der Waals surface area contributed by atoms with Crippen LogP contribution in [0, 0.1) is 3.57 Å². The first kappa shape index (κ1) is 13.9. The molecule has 106 valence electrons. The Labute approximate surface area is 134 Å². The van der Waals surface area contributed by atoms with Gasteiger partial charge in [0.05, 0.1) is 23.7 Å². The second kappa shape index (κ2) is 5.72. The summed E-state index contributed by atoms with van der Waals surface area (Å²) in [5, 5.41) is 3.44. The molecule has 0 aliphatic carbocycles. The minimum Gasteiger partial charge on any atom is -0.497 e. The topological polar surface area (TPSA) is 64.4 Å². The van der Waals surface area contributed by atoms with E-state index >= 15 is 0 Å². The van der Waals surface area contributed by atoms with Gasteiger partial charge in [-0.15, -0.1) is 0 Å². The molecule has 6 heteroatoms. The van der Waals surface area contributed by atoms with Crippen LogP contribution in [0.2, 0.25) is 0 Å². The van der Waals surface area contributed by atoms with Gasteiger partial charge in [-0.25, -0.2) is 4.79 Å². The van der Waals surface area contributed by atoms with Crippen molar-refractivity contribution in [2.75, 3.05) is 12.4 Å². The molecule has 1 aromatic heterocycles. The van der Waals surface area contributed by atoms with Gasteiger partial charge >= 0.3 is 11.6 Å². The molecule has 21 heavy (non-hydrogen) atoms. The summed E-state index contributed by atoms with van der Waals surface area (Å²) in [7, 11) is 1.57. The lowest BCUT2D eigenvalue weighted by Crippen LogP contribution is -2.05. The zero-order valence-corrected chi connectivity index (χ0v) is 13.2. The Morgan fingerprint density at radius 2 is 2.05 bits per heavy atom. The maximum Gasteiger partial charge on any atom is 0.348 e. The molecule has 1 N–H and O–H groups in total. The summed E-state index contributed by atoms with van der Waals surface area (Å²) >= 11 is 2.20. The van der Waals surface area contributed by atoms with Crippen LogP contribution in [0.4, 0.5) is 11.7 Å². The Morgan fingerprint density at radius 3 is 2.81 bits per heavy atom. The number of ether oxygens (including phenoxy) is 1. The summed E-state index contributed by atoms with van der Waals surface area (Å²) in [6.07, 6.45) is 0. The summed E-state index contributed by atoms with van der Waals surface area (Å²) in [4.78, 5) is 16.3. The number of benzene rings is 2. The summed E-state index contributed by atoms with van der Waals surface area (Å²) in [5.74, 6) is 0.640. The van der Waals surface area contributed by atoms with Crippen LogP contribution >= 0.6 is 22.6 Å². The fourth-order valence-electron chi connectivity index (χ4n) is 1.91. The molecular weight excluding hydrogens is 383 g/mol. The first-order chi connectivity index (χ1) is 10.2. The van der Waals surface area contributed by atoms with Gasteiger partial charge in [0.15, 0.2) is 0 Å². The number of hydrogen-bond acceptors (Lipinski definition) is 5. The average molecular weight is 394 g/mol. The monoisotopic (exact) mass is 394 g/mol. The molecule has 0 spiro atoms. The van der Waals surface area contributed by atoms with Crippen LogP contribution in [-0.2, 0) is 0 Å². The highest BCUT2D eigenvalue weighted by molar-refractivity contribution is 14.1. The number of halogens is 1. The van der Waals surface area contributed by atoms with Gasteiger partial charge in [-0.1, -0.05) is 12.1 Å². The zero-order valence-electron chi connectivity index (χ0n) is 11.1. The van der Waals surface area contributed by atoms with Crippen LogP contribution < -0.4 is 15.7 Å². The summed E-state index contributed by atoms with van der Waals surface area (Å²) < 4.78 is 11.4. The molecule has 0 aliphatic heterocycles. The molecule has 0 amide bonds. The third kappa shape index (κ3) is 2.85. The van der Waals surface area contributed by atoms with Crippen molar-refractivity contribution in [2.24, 2.45) is 0 Å². The van der Waals surface area contributed by atoms with Gasteiger partial charge in [0.1, 0.15) is 5.75 Å². The molecule has 0 unspecified atom stereocenters. The smallest absolute Gasteiger partial charge is 0.348 e. The second-order valence-electron chi connectivity index (χ2n) is 4.29. The quantitative estimate of drug-likeness (QED) is 0.689. The van der Waals surface area contributed by atoms with Crippen molar-refractivity contribution in [3.05, 3.63) is 56.5 Å². The van der Waals surface area contributed by atoms with Gasteiger partial charge in [-0.2, -0.15) is 4.98 Å². The van der Waals surface area contributed by atoms with E-state index in [0.717, 1.165) is 9.26 Å². The van der Waals surface area contributed by atoms with Crippen molar-refractivity contribution in [3.8, 4) is 5.75 Å². The minimum absolute atomic E-state index is 0.157. The van der Waals surface area contributed by atoms with Gasteiger partial charge in [-0.3, -0.25) is 0 Å². The summed E-state index contributed by atoms with van der Waals surface area (Å²) in [6, 6.07) is 12.9. The van der Waals surface area contributed by atoms with E-state index in [-0.39, 0.29) is 6.01 Å². The van der Waals surface area contributed by atoms with Gasteiger partial charge < -0.3 is 14.5 Å². The minimum atomic E-state index is -0.434. The van der Waals surface area contributed by atoms with Crippen LogP contribution in [0.25, 0.3) is 10.9 Å². The van der Waals surface area contributed by atoms with Crippen molar-refractivity contribution in [3.63, 3.8) is 0 Å². The number of aromatic nitrogens is 1. The van der Waals surface area contributed by atoms with Crippen molar-refractivity contribution in [1.29, 1.82) is 0 Å². The normalized spacial score (nSPS) is 10.6. The van der Waals surface area contributed by atoms with Gasteiger partial charge in [0.25, 0.3) is 0 Å². The van der Waals surface area contributed by atoms with E-state index in [0.29, 0.717) is 16.7 Å². The average Bonchev–Trinajstić information content (AvgIpc) is 2.49. The largest absolute Gasteiger partial charge is 0.497 e. The number of fused-ring (bicyclic) bond motifs is 1. The van der Waals surface area contributed by atoms with E-state index in [1.54, 1.807) is 25.3 Å². The van der Waals surface area contributed by atoms with E-state index in [4.69, 9.17) is 9.15 Å². The van der Waals surface area contributed by atoms with Crippen LogP contribution in [0.15, 0.2) is 51.7 Å². The molecule has 5 nitrogen and oxygen atoms in total. The van der Waals surface area contributed by atoms with E-state index < -0.39 is 5.63 Å². The lowest BCUT2D eigenvalue weighted by Gasteiger charge is -2.07. The van der Waals surface area contributed by atoms with Crippen molar-refractivity contribution in [1.82, 2.24) is 4.98 Å². The fourth-order valence-corrected chi connectivity index (χ4v) is 2.43. The van der Waals surface area contributed by atoms with Crippen LogP contribution in [0.1, 0.15) is 0 Å². The number of para-hydroxylation sites is 1. The molecule has 0 radical (unpaired) electrons. The predicted octanol–water partition coefficient (Wildman–Crippen LogP) is 3.54. The highest BCUT2D eigenvalue weighted by Gasteiger charge is 2.08. The zero-order chi connectivity index (χ0) is 14.8. The van der Waals surface area contributed by atoms with E-state index in [1.165, 1.54) is 0 Å². The highest BCUT2D eigenvalue weighted by Crippen LogP contribution is 2.23. The van der Waals surface area contributed by atoms with E-state index in [2.05, 4.69) is 32.9 Å². The Morgan fingerprint density at radius 1 is 1.24 bits per heavy atom. The molecule has 0 saturated carbocycles. The SMILES string of the molecule is COc1ccc2c(=O)oc(Nc3ccccc3I)nc2c1. The molecular formula is C15H11IN2O3. The Kier molecular flexibility index (Phi) is 3.78. The predicted molar refractivity (Wildman–Crippen MR) is 89.3 cm³/mol. The Hall–Kier alpha value is -2.09. The molecule has 0 bridgehead atoms. The lowest BCUT2D eigenvalue weighted by molar-refractivity contribution is 0.415. The molecule has 0 fully saturated rings. The second-order valence-corrected chi connectivity index (χ2v) is 5.46. The first-order valence-corrected chi connectivity index (χ1v) is 7.26. The van der Waals surface area contributed by atoms with Crippen LogP contribution in [0.5, 0.6) is 5.75 Å². The Balaban J connectivity index is 2.07. The molecule has 0 aliphatic rings. The number of nitrogens with one attached hydrogen (secondary N) is 1. The molecule has 3 aromatic rings. The molecule has 2 aromatic carbocycles. The van der Waals surface area contributed by atoms with E-state index in [9.17, 15) is 4.79 Å². The number of hydrogen-bond donors (Lipinski definition) is 1. The number of methoxy groups -OCH3 is 1. The number of rotatable bonds is 3.